The molecule has 0 spiro atoms. The number of ether oxygens (including phenoxy) is 1. The molecule has 2 rings (SSSR count). The summed E-state index contributed by atoms with van der Waals surface area (Å²) in [6.45, 7) is 0.836. The second-order valence-corrected chi connectivity index (χ2v) is 4.72. The number of carbonyl (C=O) groups excluding carboxylic acids is 2. The Morgan fingerprint density at radius 2 is 1.96 bits per heavy atom. The molecule has 2 amide bonds. The largest absolute Gasteiger partial charge is 0.397 e. The lowest BCUT2D eigenvalue weighted by Gasteiger charge is -2.08. The number of nitrogens with zero attached hydrogens (tertiary/aromatic N) is 1. The molecule has 7 heteroatoms. The molecule has 0 saturated heterocycles. The first-order chi connectivity index (χ1) is 11.1. The molecule has 1 aromatic heterocycles. The number of hydrogen-bond donors (Lipinski definition) is 3. The Bertz CT molecular complexity index is 686. The molecule has 7 nitrogen and oxygen atoms in total. The third-order valence-corrected chi connectivity index (χ3v) is 3.06. The summed E-state index contributed by atoms with van der Waals surface area (Å²) >= 11 is 0. The molecule has 0 saturated carbocycles. The molecule has 1 aromatic carbocycles. The first kappa shape index (κ1) is 16.4. The molecule has 0 fully saturated rings. The highest BCUT2D eigenvalue weighted by atomic mass is 16.5. The molecule has 0 atom stereocenters. The van der Waals surface area contributed by atoms with Crippen molar-refractivity contribution in [2.75, 3.05) is 31.3 Å². The molecule has 2 aromatic rings. The highest BCUT2D eigenvalue weighted by Crippen LogP contribution is 2.17. The Labute approximate surface area is 133 Å². The standard InChI is InChI=1S/C16H18N4O3/c1-23-9-8-18-15(21)11-6-7-14(19-10-11)16(22)20-13-5-3-2-4-12(13)17/h2-7,10H,8-9,17H2,1H3,(H,18,21)(H,20,22). The predicted octanol–water partition coefficient (Wildman–Crippen LogP) is 1.29. The second kappa shape index (κ2) is 7.90. The fourth-order valence-corrected chi connectivity index (χ4v) is 1.83. The van der Waals surface area contributed by atoms with Gasteiger partial charge in [-0.25, -0.2) is 0 Å². The minimum Gasteiger partial charge on any atom is -0.397 e. The number of hydrogen-bond acceptors (Lipinski definition) is 5. The van der Waals surface area contributed by atoms with Gasteiger partial charge in [0.05, 0.1) is 23.5 Å². The first-order valence-electron chi connectivity index (χ1n) is 7.01. The molecule has 23 heavy (non-hydrogen) atoms. The van der Waals surface area contributed by atoms with Crippen LogP contribution in [0.15, 0.2) is 42.6 Å². The van der Waals surface area contributed by atoms with E-state index in [0.717, 1.165) is 0 Å². The fraction of sp³-hybridized carbons (Fsp3) is 0.188. The molecular weight excluding hydrogens is 296 g/mol. The number of nitrogen functional groups attached to an aromatic ring is 1. The van der Waals surface area contributed by atoms with Crippen molar-refractivity contribution < 1.29 is 14.3 Å². The summed E-state index contributed by atoms with van der Waals surface area (Å²) in [6.07, 6.45) is 1.35. The van der Waals surface area contributed by atoms with Gasteiger partial charge in [0, 0.05) is 19.9 Å². The van der Waals surface area contributed by atoms with Gasteiger partial charge >= 0.3 is 0 Å². The van der Waals surface area contributed by atoms with Crippen molar-refractivity contribution >= 4 is 23.2 Å². The maximum Gasteiger partial charge on any atom is 0.274 e. The third kappa shape index (κ3) is 4.52. The van der Waals surface area contributed by atoms with Gasteiger partial charge in [-0.3, -0.25) is 14.6 Å². The van der Waals surface area contributed by atoms with E-state index in [9.17, 15) is 9.59 Å². The highest BCUT2D eigenvalue weighted by Gasteiger charge is 2.11. The Morgan fingerprint density at radius 3 is 2.61 bits per heavy atom. The number of benzene rings is 1. The summed E-state index contributed by atoms with van der Waals surface area (Å²) in [4.78, 5) is 27.9. The molecule has 1 heterocycles. The molecule has 0 aliphatic heterocycles. The summed E-state index contributed by atoms with van der Waals surface area (Å²) < 4.78 is 4.85. The van der Waals surface area contributed by atoms with Crippen molar-refractivity contribution in [3.05, 3.63) is 53.9 Å². The van der Waals surface area contributed by atoms with Crippen LogP contribution in [0.25, 0.3) is 0 Å². The van der Waals surface area contributed by atoms with Crippen molar-refractivity contribution in [2.45, 2.75) is 0 Å². The summed E-state index contributed by atoms with van der Waals surface area (Å²) in [5, 5.41) is 5.35. The Kier molecular flexibility index (Phi) is 5.65. The zero-order chi connectivity index (χ0) is 16.7. The summed E-state index contributed by atoms with van der Waals surface area (Å²) in [5.41, 5.74) is 7.32. The van der Waals surface area contributed by atoms with Gasteiger partial charge in [0.25, 0.3) is 11.8 Å². The van der Waals surface area contributed by atoms with E-state index in [4.69, 9.17) is 10.5 Å². The van der Waals surface area contributed by atoms with Gasteiger partial charge < -0.3 is 21.1 Å². The van der Waals surface area contributed by atoms with E-state index in [0.29, 0.717) is 30.1 Å². The predicted molar refractivity (Wildman–Crippen MR) is 87.3 cm³/mol. The van der Waals surface area contributed by atoms with Crippen LogP contribution < -0.4 is 16.4 Å². The van der Waals surface area contributed by atoms with Crippen LogP contribution in [0.1, 0.15) is 20.8 Å². The van der Waals surface area contributed by atoms with E-state index in [1.165, 1.54) is 12.3 Å². The average molecular weight is 314 g/mol. The van der Waals surface area contributed by atoms with E-state index in [1.54, 1.807) is 37.4 Å². The lowest BCUT2D eigenvalue weighted by molar-refractivity contribution is 0.0935. The van der Waals surface area contributed by atoms with Crippen LogP contribution in [0.2, 0.25) is 0 Å². The van der Waals surface area contributed by atoms with Crippen LogP contribution >= 0.6 is 0 Å². The molecule has 0 radical (unpaired) electrons. The number of para-hydroxylation sites is 2. The maximum absolute atomic E-state index is 12.1. The molecule has 4 N–H and O–H groups in total. The summed E-state index contributed by atoms with van der Waals surface area (Å²) in [7, 11) is 1.56. The van der Waals surface area contributed by atoms with Gasteiger partial charge in [-0.05, 0) is 24.3 Å². The Hall–Kier alpha value is -2.93. The average Bonchev–Trinajstić information content (AvgIpc) is 2.57. The van der Waals surface area contributed by atoms with E-state index >= 15 is 0 Å². The minimum absolute atomic E-state index is 0.196. The van der Waals surface area contributed by atoms with Crippen molar-refractivity contribution in [1.82, 2.24) is 10.3 Å². The van der Waals surface area contributed by atoms with Crippen molar-refractivity contribution in [1.29, 1.82) is 0 Å². The van der Waals surface area contributed by atoms with Crippen LogP contribution in [-0.4, -0.2) is 37.1 Å². The normalized spacial score (nSPS) is 10.1. The monoisotopic (exact) mass is 314 g/mol. The van der Waals surface area contributed by atoms with E-state index in [1.807, 2.05) is 0 Å². The van der Waals surface area contributed by atoms with Gasteiger partial charge in [-0.15, -0.1) is 0 Å². The van der Waals surface area contributed by atoms with Gasteiger partial charge in [0.2, 0.25) is 0 Å². The maximum atomic E-state index is 12.1. The van der Waals surface area contributed by atoms with Crippen molar-refractivity contribution in [3.8, 4) is 0 Å². The number of carbonyl (C=O) groups is 2. The van der Waals surface area contributed by atoms with Gasteiger partial charge in [-0.1, -0.05) is 12.1 Å². The third-order valence-electron chi connectivity index (χ3n) is 3.06. The van der Waals surface area contributed by atoms with Crippen molar-refractivity contribution in [2.24, 2.45) is 0 Å². The number of nitrogens with two attached hydrogens (primary N) is 1. The first-order valence-corrected chi connectivity index (χ1v) is 7.01. The molecule has 0 unspecified atom stereocenters. The SMILES string of the molecule is COCCNC(=O)c1ccc(C(=O)Nc2ccccc2N)nc1. The van der Waals surface area contributed by atoms with Crippen LogP contribution in [-0.2, 0) is 4.74 Å². The lowest BCUT2D eigenvalue weighted by Crippen LogP contribution is -2.27. The number of pyridine rings is 1. The number of amides is 2. The van der Waals surface area contributed by atoms with Crippen LogP contribution in [0, 0.1) is 0 Å². The van der Waals surface area contributed by atoms with E-state index < -0.39 is 5.91 Å². The summed E-state index contributed by atoms with van der Waals surface area (Å²) in [6, 6.07) is 9.96. The molecule has 0 bridgehead atoms. The number of aromatic nitrogens is 1. The molecule has 120 valence electrons. The fourth-order valence-electron chi connectivity index (χ4n) is 1.83. The van der Waals surface area contributed by atoms with Crippen LogP contribution in [0.5, 0.6) is 0 Å². The van der Waals surface area contributed by atoms with Crippen LogP contribution in [0.4, 0.5) is 11.4 Å². The highest BCUT2D eigenvalue weighted by molar-refractivity contribution is 6.04. The smallest absolute Gasteiger partial charge is 0.274 e. The minimum atomic E-state index is -0.394. The topological polar surface area (TPSA) is 106 Å². The number of nitrogens with one attached hydrogen (secondary N) is 2. The number of anilines is 2. The van der Waals surface area contributed by atoms with Gasteiger partial charge in [0.1, 0.15) is 5.69 Å². The number of rotatable bonds is 6. The van der Waals surface area contributed by atoms with Crippen molar-refractivity contribution in [3.63, 3.8) is 0 Å². The lowest BCUT2D eigenvalue weighted by atomic mass is 10.2. The summed E-state index contributed by atoms with van der Waals surface area (Å²) in [5.74, 6) is -0.664. The Morgan fingerprint density at radius 1 is 1.17 bits per heavy atom. The molecular formula is C16H18N4O3. The van der Waals surface area contributed by atoms with Gasteiger partial charge in [-0.2, -0.15) is 0 Å². The number of methoxy groups -OCH3 is 1. The molecule has 0 aliphatic carbocycles. The Balaban J connectivity index is 2.00. The van der Waals surface area contributed by atoms with Gasteiger partial charge in [0.15, 0.2) is 0 Å². The van der Waals surface area contributed by atoms with E-state index in [-0.39, 0.29) is 11.6 Å². The zero-order valence-electron chi connectivity index (χ0n) is 12.7. The molecule has 0 aliphatic rings. The van der Waals surface area contributed by atoms with E-state index in [2.05, 4.69) is 15.6 Å². The van der Waals surface area contributed by atoms with Crippen LogP contribution in [0.3, 0.4) is 0 Å². The second-order valence-electron chi connectivity index (χ2n) is 4.72. The quantitative estimate of drug-likeness (QED) is 0.550. The zero-order valence-corrected chi connectivity index (χ0v) is 12.7.